The Morgan fingerprint density at radius 1 is 1.15 bits per heavy atom. The van der Waals surface area contributed by atoms with Crippen LogP contribution in [-0.2, 0) is 20.8 Å². The van der Waals surface area contributed by atoms with E-state index >= 15 is 0 Å². The van der Waals surface area contributed by atoms with Crippen molar-refractivity contribution in [1.82, 2.24) is 10.6 Å². The topological polar surface area (TPSA) is 106 Å². The van der Waals surface area contributed by atoms with Gasteiger partial charge < -0.3 is 30.0 Å². The van der Waals surface area contributed by atoms with Crippen molar-refractivity contribution in [2.24, 2.45) is 0 Å². The zero-order chi connectivity index (χ0) is 19.4. The van der Waals surface area contributed by atoms with Crippen LogP contribution >= 0.6 is 0 Å². The first-order chi connectivity index (χ1) is 12.3. The fourth-order valence-corrected chi connectivity index (χ4v) is 1.84. The highest BCUT2D eigenvalue weighted by Gasteiger charge is 2.16. The monoisotopic (exact) mass is 368 g/mol. The molecule has 0 saturated heterocycles. The first kappa shape index (κ1) is 21.7. The first-order valence-corrected chi connectivity index (χ1v) is 8.43. The van der Waals surface area contributed by atoms with Crippen LogP contribution in [0.25, 0.3) is 0 Å². The summed E-state index contributed by atoms with van der Waals surface area (Å²) in [7, 11) is 0. The van der Waals surface area contributed by atoms with E-state index in [2.05, 4.69) is 10.6 Å². The molecule has 0 spiro atoms. The van der Waals surface area contributed by atoms with Crippen LogP contribution in [0.3, 0.4) is 0 Å². The summed E-state index contributed by atoms with van der Waals surface area (Å²) in [6, 6.07) is 8.67. The zero-order valence-corrected chi connectivity index (χ0v) is 15.5. The van der Waals surface area contributed by atoms with Crippen molar-refractivity contribution >= 4 is 12.2 Å². The molecule has 26 heavy (non-hydrogen) atoms. The zero-order valence-electron chi connectivity index (χ0n) is 15.5. The van der Waals surface area contributed by atoms with Crippen LogP contribution in [0.5, 0.6) is 0 Å². The normalized spacial score (nSPS) is 12.2. The van der Waals surface area contributed by atoms with Crippen molar-refractivity contribution in [2.75, 3.05) is 26.4 Å². The second kappa shape index (κ2) is 11.3. The number of aliphatic hydroxyl groups is 1. The molecule has 1 rings (SSSR count). The molecule has 3 N–H and O–H groups in total. The highest BCUT2D eigenvalue weighted by atomic mass is 16.6. The van der Waals surface area contributed by atoms with Gasteiger partial charge in [-0.15, -0.1) is 0 Å². The van der Waals surface area contributed by atoms with E-state index in [9.17, 15) is 14.7 Å². The molecule has 0 fully saturated rings. The van der Waals surface area contributed by atoms with Gasteiger partial charge in [0.2, 0.25) is 0 Å². The molecule has 0 aliphatic heterocycles. The smallest absolute Gasteiger partial charge is 0.407 e. The highest BCUT2D eigenvalue weighted by Crippen LogP contribution is 2.06. The van der Waals surface area contributed by atoms with E-state index in [1.165, 1.54) is 0 Å². The molecule has 0 heterocycles. The van der Waals surface area contributed by atoms with Crippen LogP contribution < -0.4 is 10.6 Å². The summed E-state index contributed by atoms with van der Waals surface area (Å²) >= 11 is 0. The molecular weight excluding hydrogens is 340 g/mol. The molecule has 0 aliphatic carbocycles. The molecule has 8 nitrogen and oxygen atoms in total. The van der Waals surface area contributed by atoms with Gasteiger partial charge in [0.25, 0.3) is 0 Å². The van der Waals surface area contributed by atoms with Crippen LogP contribution in [0, 0.1) is 0 Å². The minimum Gasteiger partial charge on any atom is -0.445 e. The number of alkyl carbamates (subject to hydrolysis) is 2. The predicted octanol–water partition coefficient (Wildman–Crippen LogP) is 1.81. The molecule has 1 aromatic carbocycles. The Hall–Kier alpha value is -2.32. The third-order valence-corrected chi connectivity index (χ3v) is 2.99. The number of carbonyl (C=O) groups is 2. The fraction of sp³-hybridized carbons (Fsp3) is 0.556. The lowest BCUT2D eigenvalue weighted by Gasteiger charge is -2.20. The Morgan fingerprint density at radius 3 is 2.46 bits per heavy atom. The van der Waals surface area contributed by atoms with E-state index < -0.39 is 23.8 Å². The lowest BCUT2D eigenvalue weighted by molar-refractivity contribution is 0.0478. The van der Waals surface area contributed by atoms with E-state index in [1.807, 2.05) is 30.3 Å². The molecular formula is C18H28N2O6. The third kappa shape index (κ3) is 10.5. The van der Waals surface area contributed by atoms with Crippen molar-refractivity contribution in [1.29, 1.82) is 0 Å². The van der Waals surface area contributed by atoms with Crippen molar-refractivity contribution in [3.8, 4) is 0 Å². The quantitative estimate of drug-likeness (QED) is 0.574. The van der Waals surface area contributed by atoms with E-state index in [-0.39, 0.29) is 33.0 Å². The van der Waals surface area contributed by atoms with Gasteiger partial charge in [0, 0.05) is 6.54 Å². The lowest BCUT2D eigenvalue weighted by atomic mass is 10.2. The van der Waals surface area contributed by atoms with Gasteiger partial charge in [-0.1, -0.05) is 30.3 Å². The van der Waals surface area contributed by atoms with Crippen molar-refractivity contribution in [2.45, 2.75) is 39.0 Å². The van der Waals surface area contributed by atoms with E-state index in [1.54, 1.807) is 20.8 Å². The molecule has 2 amide bonds. The predicted molar refractivity (Wildman–Crippen MR) is 95.7 cm³/mol. The largest absolute Gasteiger partial charge is 0.445 e. The molecule has 8 heteroatoms. The average molecular weight is 368 g/mol. The Morgan fingerprint density at radius 2 is 1.85 bits per heavy atom. The number of amides is 2. The maximum absolute atomic E-state index is 11.7. The summed E-state index contributed by atoms with van der Waals surface area (Å²) in [6.45, 7) is 5.74. The number of rotatable bonds is 9. The second-order valence-electron chi connectivity index (χ2n) is 6.59. The number of nitrogens with one attached hydrogen (secondary N) is 2. The summed E-state index contributed by atoms with van der Waals surface area (Å²) < 4.78 is 15.5. The van der Waals surface area contributed by atoms with E-state index in [4.69, 9.17) is 14.2 Å². The molecule has 146 valence electrons. The number of aliphatic hydroxyl groups excluding tert-OH is 1. The van der Waals surface area contributed by atoms with Crippen molar-refractivity contribution in [3.05, 3.63) is 35.9 Å². The average Bonchev–Trinajstić information content (AvgIpc) is 2.58. The van der Waals surface area contributed by atoms with Crippen LogP contribution in [0.1, 0.15) is 26.3 Å². The van der Waals surface area contributed by atoms with Crippen molar-refractivity contribution in [3.63, 3.8) is 0 Å². The number of benzene rings is 1. The van der Waals surface area contributed by atoms with Gasteiger partial charge in [0.1, 0.15) is 12.2 Å². The molecule has 0 radical (unpaired) electrons. The summed E-state index contributed by atoms with van der Waals surface area (Å²) in [5, 5.41) is 14.4. The molecule has 0 aromatic heterocycles. The molecule has 0 saturated carbocycles. The number of carbonyl (C=O) groups excluding carboxylic acids is 2. The van der Waals surface area contributed by atoms with Gasteiger partial charge in [-0.2, -0.15) is 0 Å². The van der Waals surface area contributed by atoms with Gasteiger partial charge in [-0.3, -0.25) is 0 Å². The molecule has 0 bridgehead atoms. The summed E-state index contributed by atoms with van der Waals surface area (Å²) in [5.41, 5.74) is 0.310. The Bertz CT molecular complexity index is 544. The van der Waals surface area contributed by atoms with Gasteiger partial charge >= 0.3 is 12.2 Å². The SMILES string of the molecule is CC(C)(C)OC(=O)NCCOC[C@@H](CO)NC(=O)OCc1ccccc1. The minimum atomic E-state index is -0.636. The number of hydrogen-bond donors (Lipinski definition) is 3. The van der Waals surface area contributed by atoms with Crippen LogP contribution in [0.2, 0.25) is 0 Å². The fourth-order valence-electron chi connectivity index (χ4n) is 1.84. The van der Waals surface area contributed by atoms with Crippen LogP contribution in [0.4, 0.5) is 9.59 Å². The summed E-state index contributed by atoms with van der Waals surface area (Å²) in [6.07, 6.45) is -1.16. The number of ether oxygens (including phenoxy) is 3. The molecule has 1 aromatic rings. The van der Waals surface area contributed by atoms with Gasteiger partial charge in [-0.05, 0) is 26.3 Å². The Balaban J connectivity index is 2.16. The molecule has 0 unspecified atom stereocenters. The van der Waals surface area contributed by atoms with E-state index in [0.29, 0.717) is 0 Å². The van der Waals surface area contributed by atoms with Crippen LogP contribution in [-0.4, -0.2) is 55.3 Å². The standard InChI is InChI=1S/C18H28N2O6/c1-18(2,3)26-16(22)19-9-10-24-13-15(11-21)20-17(23)25-12-14-7-5-4-6-8-14/h4-8,15,21H,9-13H2,1-3H3,(H,19,22)(H,20,23)/t15-/m1/s1. The van der Waals surface area contributed by atoms with Crippen molar-refractivity contribution < 1.29 is 28.9 Å². The Labute approximate surface area is 153 Å². The Kier molecular flexibility index (Phi) is 9.46. The maximum atomic E-state index is 11.7. The number of hydrogen-bond acceptors (Lipinski definition) is 6. The molecule has 0 aliphatic rings. The summed E-state index contributed by atoms with van der Waals surface area (Å²) in [4.78, 5) is 23.2. The van der Waals surface area contributed by atoms with Gasteiger partial charge in [0.15, 0.2) is 0 Å². The summed E-state index contributed by atoms with van der Waals surface area (Å²) in [5.74, 6) is 0. The highest BCUT2D eigenvalue weighted by molar-refractivity contribution is 5.68. The molecule has 1 atom stereocenters. The second-order valence-corrected chi connectivity index (χ2v) is 6.59. The minimum absolute atomic E-state index is 0.0902. The van der Waals surface area contributed by atoms with E-state index in [0.717, 1.165) is 5.56 Å². The van der Waals surface area contributed by atoms with Gasteiger partial charge in [-0.25, -0.2) is 9.59 Å². The van der Waals surface area contributed by atoms with Gasteiger partial charge in [0.05, 0.1) is 25.9 Å². The first-order valence-electron chi connectivity index (χ1n) is 8.43. The van der Waals surface area contributed by atoms with Crippen LogP contribution in [0.15, 0.2) is 30.3 Å². The lowest BCUT2D eigenvalue weighted by Crippen LogP contribution is -2.41. The third-order valence-electron chi connectivity index (χ3n) is 2.99. The maximum Gasteiger partial charge on any atom is 0.407 e.